The van der Waals surface area contributed by atoms with Gasteiger partial charge in [0.1, 0.15) is 29.6 Å². The second-order valence-corrected chi connectivity index (χ2v) is 15.5. The fourth-order valence-corrected chi connectivity index (χ4v) is 9.45. The molecule has 2 aromatic heterocycles. The van der Waals surface area contributed by atoms with Crippen molar-refractivity contribution in [1.29, 1.82) is 0 Å². The first kappa shape index (κ1) is 32.4. The largest absolute Gasteiger partial charge is 0.480 e. The van der Waals surface area contributed by atoms with Crippen molar-refractivity contribution < 1.29 is 27.7 Å². The molecule has 2 aliphatic rings. The number of thiazole rings is 2. The summed E-state index contributed by atoms with van der Waals surface area (Å²) in [6, 6.07) is 0. The first-order valence-corrected chi connectivity index (χ1v) is 17.6. The van der Waals surface area contributed by atoms with E-state index in [1.807, 2.05) is 23.3 Å². The lowest BCUT2D eigenvalue weighted by Crippen LogP contribution is -2.32. The number of thiocarbonyl (C=S) groups is 1. The number of carboxylic acids is 1. The van der Waals surface area contributed by atoms with Crippen molar-refractivity contribution in [3.8, 4) is 0 Å². The summed E-state index contributed by atoms with van der Waals surface area (Å²) in [4.78, 5) is 54.6. The number of unbranched alkanes of at least 4 members (excludes halogenated alkanes) is 1. The van der Waals surface area contributed by atoms with Gasteiger partial charge in [0.05, 0.1) is 15.3 Å². The van der Waals surface area contributed by atoms with Crippen molar-refractivity contribution in [2.24, 2.45) is 7.05 Å². The van der Waals surface area contributed by atoms with Gasteiger partial charge in [0, 0.05) is 26.3 Å². The monoisotopic (exact) mass is 690 g/mol. The summed E-state index contributed by atoms with van der Waals surface area (Å²) in [5, 5.41) is 12.2. The minimum absolute atomic E-state index is 0.136. The van der Waals surface area contributed by atoms with Crippen molar-refractivity contribution in [2.75, 3.05) is 19.3 Å². The second kappa shape index (κ2) is 12.6. The third-order valence-electron chi connectivity index (χ3n) is 6.30. The molecule has 0 saturated carbocycles. The van der Waals surface area contributed by atoms with E-state index < -0.39 is 34.1 Å². The van der Waals surface area contributed by atoms with Gasteiger partial charge in [-0.15, -0.1) is 22.7 Å². The quantitative estimate of drug-likeness (QED) is 0.232. The maximum atomic E-state index is 13.5. The zero-order valence-electron chi connectivity index (χ0n) is 22.8. The Labute approximate surface area is 261 Å². The maximum absolute atomic E-state index is 13.5. The number of amides is 1. The molecule has 2 N–H and O–H groups in total. The number of carboxylic acid groups (broad SMARTS) is 1. The number of hydrogen-bond acceptors (Lipinski definition) is 12. The van der Waals surface area contributed by atoms with E-state index in [1.165, 1.54) is 35.3 Å². The number of allylic oxidation sites excluding steroid dienone is 2. The lowest BCUT2D eigenvalue weighted by atomic mass is 10.2. The van der Waals surface area contributed by atoms with Crippen molar-refractivity contribution in [2.45, 2.75) is 33.2 Å². The highest BCUT2D eigenvalue weighted by atomic mass is 32.2. The van der Waals surface area contributed by atoms with Crippen LogP contribution in [0.1, 0.15) is 26.7 Å². The van der Waals surface area contributed by atoms with E-state index >= 15 is 0 Å². The number of rotatable bonds is 8. The van der Waals surface area contributed by atoms with Crippen LogP contribution in [0.15, 0.2) is 31.8 Å². The molecule has 4 heterocycles. The first-order valence-electron chi connectivity index (χ1n) is 12.2. The lowest BCUT2D eigenvalue weighted by Gasteiger charge is -2.21. The third kappa shape index (κ3) is 6.68. The Kier molecular flexibility index (Phi) is 9.75. The zero-order chi connectivity index (χ0) is 31.1. The van der Waals surface area contributed by atoms with Crippen molar-refractivity contribution in [3.63, 3.8) is 0 Å². The van der Waals surface area contributed by atoms with Crippen LogP contribution in [0.5, 0.6) is 0 Å². The SMILES string of the molecule is CC1=CSC(=C/C(C)=c2/s/c(=c3/s/c(=C4/SC(=S)N(C)C4=O)n(CC(=O)O)c3=O)n(C)c2=O)N1CCCCS(=O)(=O)O. The van der Waals surface area contributed by atoms with Gasteiger partial charge < -0.3 is 14.6 Å². The maximum Gasteiger partial charge on any atom is 0.323 e. The van der Waals surface area contributed by atoms with Crippen LogP contribution in [0.3, 0.4) is 0 Å². The molecule has 0 unspecified atom stereocenters. The molecule has 1 saturated heterocycles. The highest BCUT2D eigenvalue weighted by Crippen LogP contribution is 2.35. The molecule has 226 valence electrons. The van der Waals surface area contributed by atoms with E-state index in [2.05, 4.69) is 0 Å². The zero-order valence-corrected chi connectivity index (χ0v) is 27.7. The molecular formula is C24H26N4O8S6. The minimum atomic E-state index is -4.03. The van der Waals surface area contributed by atoms with Crippen LogP contribution in [-0.4, -0.2) is 72.6 Å². The molecule has 2 aromatic rings. The highest BCUT2D eigenvalue weighted by molar-refractivity contribution is 8.30. The van der Waals surface area contributed by atoms with Crippen LogP contribution in [-0.2, 0) is 33.3 Å². The van der Waals surface area contributed by atoms with Crippen molar-refractivity contribution in [1.82, 2.24) is 18.9 Å². The summed E-state index contributed by atoms with van der Waals surface area (Å²) in [5.74, 6) is -2.01. The third-order valence-corrected chi connectivity index (χ3v) is 12.5. The molecule has 0 aliphatic carbocycles. The number of nitrogens with zero attached hydrogens (tertiary/aromatic N) is 4. The standard InChI is InChI=1S/C24H26N4O8S6/c1-12(9-14-27(13(2)11-38-14)7-5-6-8-42(34,35)36)16-19(31)25(3)22(39-16)18-21(33)28(10-15(29)30)23(40-18)17-20(32)26(4)24(37)41-17/h9,11H,5-8,10H2,1-4H3,(H,29,30)(H,34,35,36)/b14-9?,16-12+,22-18+,23-17+. The molecule has 4 rings (SSSR count). The Bertz CT molecular complexity index is 2020. The average Bonchev–Trinajstić information content (AvgIpc) is 3.58. The van der Waals surface area contributed by atoms with Crippen LogP contribution in [0, 0.1) is 9.20 Å². The Hall–Kier alpha value is -2.48. The molecule has 0 atom stereocenters. The minimum Gasteiger partial charge on any atom is -0.480 e. The van der Waals surface area contributed by atoms with Gasteiger partial charge in [-0.2, -0.15) is 8.42 Å². The molecule has 1 fully saturated rings. The fourth-order valence-electron chi connectivity index (χ4n) is 4.11. The summed E-state index contributed by atoms with van der Waals surface area (Å²) in [6.45, 7) is 3.55. The summed E-state index contributed by atoms with van der Waals surface area (Å²) < 4.78 is 34.7. The summed E-state index contributed by atoms with van der Waals surface area (Å²) >= 11 is 9.70. The van der Waals surface area contributed by atoms with Gasteiger partial charge in [-0.3, -0.25) is 33.2 Å². The average molecular weight is 691 g/mol. The van der Waals surface area contributed by atoms with E-state index in [1.54, 1.807) is 6.92 Å². The molecule has 0 radical (unpaired) electrons. The Morgan fingerprint density at radius 3 is 2.38 bits per heavy atom. The summed E-state index contributed by atoms with van der Waals surface area (Å²) in [7, 11) is -0.995. The highest BCUT2D eigenvalue weighted by Gasteiger charge is 2.31. The van der Waals surface area contributed by atoms with Crippen LogP contribution in [0.2, 0.25) is 0 Å². The van der Waals surface area contributed by atoms with E-state index in [0.717, 1.165) is 49.7 Å². The Morgan fingerprint density at radius 1 is 1.10 bits per heavy atom. The van der Waals surface area contributed by atoms with Gasteiger partial charge >= 0.3 is 5.97 Å². The number of hydrogen-bond donors (Lipinski definition) is 2. The van der Waals surface area contributed by atoms with Crippen LogP contribution in [0.25, 0.3) is 10.5 Å². The molecule has 42 heavy (non-hydrogen) atoms. The second-order valence-electron chi connectivity index (χ2n) is 9.37. The van der Waals surface area contributed by atoms with Crippen LogP contribution >= 0.6 is 58.4 Å². The predicted molar refractivity (Wildman–Crippen MR) is 170 cm³/mol. The Morgan fingerprint density at radius 2 is 1.79 bits per heavy atom. The molecular weight excluding hydrogens is 665 g/mol. The summed E-state index contributed by atoms with van der Waals surface area (Å²) in [6.07, 6.45) is 2.67. The molecule has 0 bridgehead atoms. The first-order chi connectivity index (χ1) is 19.6. The van der Waals surface area contributed by atoms with Crippen molar-refractivity contribution in [3.05, 3.63) is 61.3 Å². The van der Waals surface area contributed by atoms with Crippen LogP contribution in [0.4, 0.5) is 0 Å². The van der Waals surface area contributed by atoms with Crippen LogP contribution < -0.4 is 20.3 Å². The van der Waals surface area contributed by atoms with Gasteiger partial charge in [-0.25, -0.2) is 0 Å². The molecule has 1 amide bonds. The fraction of sp³-hybridized carbons (Fsp3) is 0.375. The molecule has 12 nitrogen and oxygen atoms in total. The van der Waals surface area contributed by atoms with E-state index in [-0.39, 0.29) is 29.7 Å². The van der Waals surface area contributed by atoms with Gasteiger partial charge in [0.2, 0.25) is 0 Å². The van der Waals surface area contributed by atoms with E-state index in [4.69, 9.17) is 16.8 Å². The molecule has 2 aliphatic heterocycles. The van der Waals surface area contributed by atoms with Crippen molar-refractivity contribution >= 4 is 95.2 Å². The number of aliphatic carboxylic acids is 1. The van der Waals surface area contributed by atoms with E-state index in [0.29, 0.717) is 34.2 Å². The van der Waals surface area contributed by atoms with Gasteiger partial charge in [-0.1, -0.05) is 35.7 Å². The topological polar surface area (TPSA) is 159 Å². The number of thioether (sulfide) groups is 2. The molecule has 18 heteroatoms. The number of aromatic nitrogens is 2. The van der Waals surface area contributed by atoms with Gasteiger partial charge in [0.25, 0.3) is 27.1 Å². The normalized spacial score (nSPS) is 19.7. The van der Waals surface area contributed by atoms with Gasteiger partial charge in [0.15, 0.2) is 0 Å². The van der Waals surface area contributed by atoms with E-state index in [9.17, 15) is 32.7 Å². The molecule has 0 spiro atoms. The molecule has 0 aromatic carbocycles. The smallest absolute Gasteiger partial charge is 0.323 e. The Balaban J connectivity index is 1.86. The van der Waals surface area contributed by atoms with Gasteiger partial charge in [-0.05, 0) is 43.7 Å². The number of carbonyl (C=O) groups is 2. The summed E-state index contributed by atoms with van der Waals surface area (Å²) in [5.41, 5.74) is 0.639. The number of carbonyl (C=O) groups excluding carboxylic acids is 1. The predicted octanol–water partition coefficient (Wildman–Crippen LogP) is 1.23. The lowest BCUT2D eigenvalue weighted by molar-refractivity contribution is -0.137.